The fourth-order valence-electron chi connectivity index (χ4n) is 2.94. The van der Waals surface area contributed by atoms with Crippen LogP contribution in [0.25, 0.3) is 28.7 Å². The van der Waals surface area contributed by atoms with Gasteiger partial charge in [-0.15, -0.1) is 0 Å². The molecule has 0 radical (unpaired) electrons. The van der Waals surface area contributed by atoms with Crippen molar-refractivity contribution in [3.8, 4) is 28.7 Å². The van der Waals surface area contributed by atoms with Gasteiger partial charge in [0, 0.05) is 23.7 Å². The summed E-state index contributed by atoms with van der Waals surface area (Å²) in [4.78, 5) is 23.5. The van der Waals surface area contributed by atoms with E-state index in [-0.39, 0.29) is 5.69 Å². The van der Waals surface area contributed by atoms with E-state index in [2.05, 4.69) is 20.1 Å². The lowest BCUT2D eigenvalue weighted by Gasteiger charge is -2.05. The van der Waals surface area contributed by atoms with E-state index in [1.807, 2.05) is 51.1 Å². The fraction of sp³-hybridized carbons (Fsp3) is 0.158. The number of hydrogen-bond acceptors (Lipinski definition) is 5. The van der Waals surface area contributed by atoms with Crippen LogP contribution in [-0.2, 0) is 0 Å². The molecular formula is C19H17N5O2. The molecule has 0 aliphatic heterocycles. The van der Waals surface area contributed by atoms with Crippen LogP contribution < -0.4 is 5.69 Å². The Hall–Kier alpha value is -3.48. The summed E-state index contributed by atoms with van der Waals surface area (Å²) in [6, 6.07) is 9.47. The highest BCUT2D eigenvalue weighted by Gasteiger charge is 2.15. The van der Waals surface area contributed by atoms with Crippen molar-refractivity contribution < 1.29 is 4.52 Å². The summed E-state index contributed by atoms with van der Waals surface area (Å²) >= 11 is 0. The minimum Gasteiger partial charge on any atom is -0.332 e. The summed E-state index contributed by atoms with van der Waals surface area (Å²) in [5, 5.41) is 4.07. The van der Waals surface area contributed by atoms with E-state index in [0.29, 0.717) is 17.4 Å². The van der Waals surface area contributed by atoms with Crippen molar-refractivity contribution in [1.29, 1.82) is 0 Å². The molecule has 0 aliphatic rings. The molecule has 0 spiro atoms. The molecule has 26 heavy (non-hydrogen) atoms. The Balaban J connectivity index is 1.75. The standard InChI is InChI=1S/C19H17N5O2/c1-11-7-12(2)16(20-9-11)18-22-17(23-26-18)14-5-4-6-15(8-14)24-13(3)10-21-19(24)25/h4-10H,1-3H3,(H,21,25). The lowest BCUT2D eigenvalue weighted by Crippen LogP contribution is -2.15. The molecule has 0 atom stereocenters. The molecule has 130 valence electrons. The summed E-state index contributed by atoms with van der Waals surface area (Å²) in [6.45, 7) is 5.81. The van der Waals surface area contributed by atoms with Crippen LogP contribution in [-0.4, -0.2) is 24.7 Å². The quantitative estimate of drug-likeness (QED) is 0.615. The summed E-state index contributed by atoms with van der Waals surface area (Å²) < 4.78 is 7.00. The number of hydrogen-bond donors (Lipinski definition) is 1. The normalized spacial score (nSPS) is 11.0. The molecule has 4 aromatic rings. The Bertz CT molecular complexity index is 1150. The number of rotatable bonds is 3. The molecule has 0 saturated carbocycles. The van der Waals surface area contributed by atoms with E-state index in [1.54, 1.807) is 17.0 Å². The van der Waals surface area contributed by atoms with Gasteiger partial charge in [-0.1, -0.05) is 23.4 Å². The van der Waals surface area contributed by atoms with Gasteiger partial charge < -0.3 is 9.51 Å². The van der Waals surface area contributed by atoms with Gasteiger partial charge in [-0.25, -0.2) is 4.79 Å². The number of aromatic amines is 1. The average Bonchev–Trinajstić information content (AvgIpc) is 3.22. The minimum absolute atomic E-state index is 0.187. The van der Waals surface area contributed by atoms with Crippen molar-refractivity contribution in [2.75, 3.05) is 0 Å². The van der Waals surface area contributed by atoms with Gasteiger partial charge in [-0.05, 0) is 44.0 Å². The SMILES string of the molecule is Cc1cnc(-c2nc(-c3cccc(-n4c(C)c[nH]c4=O)c3)no2)c(C)c1. The molecule has 1 aromatic carbocycles. The third-order valence-electron chi connectivity index (χ3n) is 4.17. The monoisotopic (exact) mass is 347 g/mol. The Labute approximate surface area is 149 Å². The minimum atomic E-state index is -0.187. The lowest BCUT2D eigenvalue weighted by molar-refractivity contribution is 0.430. The van der Waals surface area contributed by atoms with Gasteiger partial charge in [0.1, 0.15) is 5.69 Å². The number of nitrogens with one attached hydrogen (secondary N) is 1. The van der Waals surface area contributed by atoms with E-state index >= 15 is 0 Å². The highest BCUT2D eigenvalue weighted by Crippen LogP contribution is 2.24. The third-order valence-corrected chi connectivity index (χ3v) is 4.17. The van der Waals surface area contributed by atoms with Crippen LogP contribution in [0.2, 0.25) is 0 Å². The summed E-state index contributed by atoms with van der Waals surface area (Å²) in [7, 11) is 0. The largest absolute Gasteiger partial charge is 0.332 e. The maximum atomic E-state index is 12.0. The van der Waals surface area contributed by atoms with Gasteiger partial charge in [0.25, 0.3) is 5.89 Å². The van der Waals surface area contributed by atoms with Crippen LogP contribution in [0.3, 0.4) is 0 Å². The Morgan fingerprint density at radius 1 is 1.15 bits per heavy atom. The van der Waals surface area contributed by atoms with E-state index in [9.17, 15) is 4.79 Å². The zero-order valence-electron chi connectivity index (χ0n) is 14.6. The molecule has 0 fully saturated rings. The second-order valence-electron chi connectivity index (χ2n) is 6.22. The molecule has 1 N–H and O–H groups in total. The van der Waals surface area contributed by atoms with Crippen LogP contribution in [0.1, 0.15) is 16.8 Å². The first kappa shape index (κ1) is 16.0. The van der Waals surface area contributed by atoms with Crippen molar-refractivity contribution in [3.05, 3.63) is 70.0 Å². The molecule has 3 heterocycles. The Morgan fingerprint density at radius 2 is 2.00 bits per heavy atom. The van der Waals surface area contributed by atoms with Gasteiger partial charge in [0.15, 0.2) is 0 Å². The van der Waals surface area contributed by atoms with E-state index in [1.165, 1.54) is 0 Å². The van der Waals surface area contributed by atoms with Crippen LogP contribution >= 0.6 is 0 Å². The smallest absolute Gasteiger partial charge is 0.330 e. The zero-order valence-corrected chi connectivity index (χ0v) is 14.6. The first-order valence-corrected chi connectivity index (χ1v) is 8.18. The molecular weight excluding hydrogens is 330 g/mol. The molecule has 4 rings (SSSR count). The van der Waals surface area contributed by atoms with Gasteiger partial charge in [-0.3, -0.25) is 9.55 Å². The fourth-order valence-corrected chi connectivity index (χ4v) is 2.94. The number of aryl methyl sites for hydroxylation is 3. The second kappa shape index (κ2) is 6.11. The summed E-state index contributed by atoms with van der Waals surface area (Å²) in [6.07, 6.45) is 3.45. The average molecular weight is 347 g/mol. The summed E-state index contributed by atoms with van der Waals surface area (Å²) in [5.74, 6) is 0.822. The molecule has 7 nitrogen and oxygen atoms in total. The number of nitrogens with zero attached hydrogens (tertiary/aromatic N) is 4. The maximum absolute atomic E-state index is 12.0. The van der Waals surface area contributed by atoms with E-state index in [0.717, 1.165) is 28.1 Å². The lowest BCUT2D eigenvalue weighted by atomic mass is 10.1. The van der Waals surface area contributed by atoms with Crippen LogP contribution in [0, 0.1) is 20.8 Å². The Kier molecular flexibility index (Phi) is 3.76. The van der Waals surface area contributed by atoms with Crippen LogP contribution in [0.5, 0.6) is 0 Å². The van der Waals surface area contributed by atoms with Crippen molar-refractivity contribution in [2.24, 2.45) is 0 Å². The predicted molar refractivity (Wildman–Crippen MR) is 97.1 cm³/mol. The van der Waals surface area contributed by atoms with Gasteiger partial charge in [0.2, 0.25) is 5.82 Å². The molecule has 3 aromatic heterocycles. The second-order valence-corrected chi connectivity index (χ2v) is 6.22. The molecule has 0 amide bonds. The van der Waals surface area contributed by atoms with Crippen molar-refractivity contribution in [1.82, 2.24) is 24.7 Å². The van der Waals surface area contributed by atoms with Gasteiger partial charge in [0.05, 0.1) is 5.69 Å². The van der Waals surface area contributed by atoms with E-state index < -0.39 is 0 Å². The van der Waals surface area contributed by atoms with E-state index in [4.69, 9.17) is 4.52 Å². The molecule has 0 saturated heterocycles. The van der Waals surface area contributed by atoms with Crippen molar-refractivity contribution in [3.63, 3.8) is 0 Å². The zero-order chi connectivity index (χ0) is 18.3. The van der Waals surface area contributed by atoms with Crippen molar-refractivity contribution >= 4 is 0 Å². The summed E-state index contributed by atoms with van der Waals surface area (Å²) in [5.41, 5.74) is 4.85. The number of aromatic nitrogens is 5. The molecule has 0 aliphatic carbocycles. The number of imidazole rings is 1. The third kappa shape index (κ3) is 2.73. The predicted octanol–water partition coefficient (Wildman–Crippen LogP) is 3.20. The number of H-pyrrole nitrogens is 1. The number of pyridine rings is 1. The topological polar surface area (TPSA) is 89.6 Å². The molecule has 0 bridgehead atoms. The first-order chi connectivity index (χ1) is 12.5. The van der Waals surface area contributed by atoms with Crippen molar-refractivity contribution in [2.45, 2.75) is 20.8 Å². The highest BCUT2D eigenvalue weighted by molar-refractivity contribution is 5.62. The first-order valence-electron chi connectivity index (χ1n) is 8.18. The molecule has 7 heteroatoms. The van der Waals surface area contributed by atoms with Gasteiger partial charge in [-0.2, -0.15) is 4.98 Å². The van der Waals surface area contributed by atoms with Crippen LogP contribution in [0.4, 0.5) is 0 Å². The number of benzene rings is 1. The maximum Gasteiger partial charge on any atom is 0.330 e. The van der Waals surface area contributed by atoms with Gasteiger partial charge >= 0.3 is 5.69 Å². The van der Waals surface area contributed by atoms with Crippen LogP contribution in [0.15, 0.2) is 52.0 Å². The Morgan fingerprint density at radius 3 is 2.73 bits per heavy atom. The molecule has 0 unspecified atom stereocenters. The highest BCUT2D eigenvalue weighted by atomic mass is 16.5.